The minimum Gasteiger partial charge on any atom is -0.468 e. The molecule has 0 aliphatic heterocycles. The zero-order valence-corrected chi connectivity index (χ0v) is 15.4. The van der Waals surface area contributed by atoms with Crippen molar-refractivity contribution in [2.45, 2.75) is 45.3 Å². The first-order valence-corrected chi connectivity index (χ1v) is 9.22. The normalized spacial score (nSPS) is 19.3. The molecule has 1 N–H and O–H groups in total. The molecule has 4 heteroatoms. The number of nitrogens with zero attached hydrogens (tertiary/aromatic N) is 2. The number of furan rings is 1. The maximum Gasteiger partial charge on any atom is 0.117 e. The third-order valence-electron chi connectivity index (χ3n) is 5.19. The van der Waals surface area contributed by atoms with E-state index in [0.717, 1.165) is 31.0 Å². The minimum atomic E-state index is 0.376. The lowest BCUT2D eigenvalue weighted by Crippen LogP contribution is -2.25. The molecule has 4 rings (SSSR count). The number of hydrogen-bond acceptors (Lipinski definition) is 3. The smallest absolute Gasteiger partial charge is 0.117 e. The second-order valence-corrected chi connectivity index (χ2v) is 7.02. The molecule has 0 saturated carbocycles. The average Bonchev–Trinajstić information content (AvgIpc) is 3.36. The van der Waals surface area contributed by atoms with Gasteiger partial charge < -0.3 is 9.73 Å². The SMILES string of the molecule is Cc1nn(Cc2ccccc2)c(C)c1[C@@H]1C=C[C@@H](NCc2ccco2)C1. The summed E-state index contributed by atoms with van der Waals surface area (Å²) >= 11 is 0. The highest BCUT2D eigenvalue weighted by atomic mass is 16.3. The van der Waals surface area contributed by atoms with Crippen LogP contribution in [0.2, 0.25) is 0 Å². The highest BCUT2D eigenvalue weighted by Crippen LogP contribution is 2.33. The lowest BCUT2D eigenvalue weighted by Gasteiger charge is -2.14. The second-order valence-electron chi connectivity index (χ2n) is 7.02. The number of nitrogens with one attached hydrogen (secondary N) is 1. The van der Waals surface area contributed by atoms with E-state index in [2.05, 4.69) is 66.3 Å². The summed E-state index contributed by atoms with van der Waals surface area (Å²) in [5, 5.41) is 8.37. The molecule has 0 saturated heterocycles. The summed E-state index contributed by atoms with van der Waals surface area (Å²) in [5.74, 6) is 1.40. The largest absolute Gasteiger partial charge is 0.468 e. The van der Waals surface area contributed by atoms with Gasteiger partial charge in [-0.1, -0.05) is 42.5 Å². The average molecular weight is 347 g/mol. The first kappa shape index (κ1) is 16.9. The Morgan fingerprint density at radius 3 is 2.73 bits per heavy atom. The summed E-state index contributed by atoms with van der Waals surface area (Å²) in [7, 11) is 0. The fourth-order valence-electron chi connectivity index (χ4n) is 3.87. The van der Waals surface area contributed by atoms with Gasteiger partial charge in [-0.25, -0.2) is 0 Å². The monoisotopic (exact) mass is 347 g/mol. The lowest BCUT2D eigenvalue weighted by molar-refractivity contribution is 0.461. The fraction of sp³-hybridized carbons (Fsp3) is 0.318. The van der Waals surface area contributed by atoms with E-state index in [9.17, 15) is 0 Å². The van der Waals surface area contributed by atoms with Crippen LogP contribution in [0.25, 0.3) is 0 Å². The number of aromatic nitrogens is 2. The van der Waals surface area contributed by atoms with Crippen LogP contribution in [0.15, 0.2) is 65.3 Å². The van der Waals surface area contributed by atoms with Gasteiger partial charge >= 0.3 is 0 Å². The van der Waals surface area contributed by atoms with E-state index in [1.165, 1.54) is 16.8 Å². The van der Waals surface area contributed by atoms with E-state index in [1.54, 1.807) is 6.26 Å². The molecule has 1 aromatic carbocycles. The van der Waals surface area contributed by atoms with Gasteiger partial charge in [-0.3, -0.25) is 4.68 Å². The molecule has 1 aliphatic carbocycles. The van der Waals surface area contributed by atoms with Crippen molar-refractivity contribution in [1.29, 1.82) is 0 Å². The Balaban J connectivity index is 1.44. The van der Waals surface area contributed by atoms with Crippen LogP contribution in [0.1, 0.15) is 40.6 Å². The van der Waals surface area contributed by atoms with Crippen molar-refractivity contribution in [3.05, 3.63) is 89.2 Å². The molecule has 2 heterocycles. The minimum absolute atomic E-state index is 0.376. The number of aryl methyl sites for hydroxylation is 1. The molecule has 0 spiro atoms. The Kier molecular flexibility index (Phi) is 4.76. The van der Waals surface area contributed by atoms with E-state index < -0.39 is 0 Å². The Bertz CT molecular complexity index is 878. The molecule has 0 unspecified atom stereocenters. The van der Waals surface area contributed by atoms with E-state index in [0.29, 0.717) is 12.0 Å². The van der Waals surface area contributed by atoms with Gasteiger partial charge in [0.15, 0.2) is 0 Å². The van der Waals surface area contributed by atoms with Crippen LogP contribution in [0.4, 0.5) is 0 Å². The second kappa shape index (κ2) is 7.34. The van der Waals surface area contributed by atoms with E-state index in [1.807, 2.05) is 12.1 Å². The molecule has 1 aliphatic rings. The molecule has 26 heavy (non-hydrogen) atoms. The van der Waals surface area contributed by atoms with Gasteiger partial charge in [0.1, 0.15) is 5.76 Å². The van der Waals surface area contributed by atoms with Crippen molar-refractivity contribution >= 4 is 0 Å². The van der Waals surface area contributed by atoms with E-state index >= 15 is 0 Å². The predicted octanol–water partition coefficient (Wildman–Crippen LogP) is 4.34. The van der Waals surface area contributed by atoms with Crippen LogP contribution in [-0.2, 0) is 13.1 Å². The van der Waals surface area contributed by atoms with Gasteiger partial charge in [0, 0.05) is 23.2 Å². The van der Waals surface area contributed by atoms with Crippen LogP contribution in [0.3, 0.4) is 0 Å². The van der Waals surface area contributed by atoms with Crippen LogP contribution >= 0.6 is 0 Å². The van der Waals surface area contributed by atoms with Crippen molar-refractivity contribution in [3.63, 3.8) is 0 Å². The van der Waals surface area contributed by atoms with E-state index in [-0.39, 0.29) is 0 Å². The molecular formula is C22H25N3O. The molecule has 0 bridgehead atoms. The summed E-state index contributed by atoms with van der Waals surface area (Å²) < 4.78 is 7.54. The van der Waals surface area contributed by atoms with Gasteiger partial charge in [0.05, 0.1) is 25.0 Å². The molecular weight excluding hydrogens is 322 g/mol. The van der Waals surface area contributed by atoms with Crippen LogP contribution in [0.5, 0.6) is 0 Å². The van der Waals surface area contributed by atoms with Gasteiger partial charge in [0.2, 0.25) is 0 Å². The van der Waals surface area contributed by atoms with Crippen molar-refractivity contribution in [2.75, 3.05) is 0 Å². The van der Waals surface area contributed by atoms with Crippen molar-refractivity contribution in [3.8, 4) is 0 Å². The van der Waals surface area contributed by atoms with Crippen LogP contribution in [-0.4, -0.2) is 15.8 Å². The third-order valence-corrected chi connectivity index (χ3v) is 5.19. The predicted molar refractivity (Wildman–Crippen MR) is 103 cm³/mol. The Morgan fingerprint density at radius 2 is 1.96 bits per heavy atom. The Labute approximate surface area is 154 Å². The molecule has 0 radical (unpaired) electrons. The van der Waals surface area contributed by atoms with Crippen molar-refractivity contribution in [2.24, 2.45) is 0 Å². The summed E-state index contributed by atoms with van der Waals surface area (Å²) in [6.45, 7) is 5.90. The van der Waals surface area contributed by atoms with Gasteiger partial charge in [0.25, 0.3) is 0 Å². The van der Waals surface area contributed by atoms with Crippen LogP contribution in [0, 0.1) is 13.8 Å². The topological polar surface area (TPSA) is 43.0 Å². The lowest BCUT2D eigenvalue weighted by atomic mass is 9.96. The quantitative estimate of drug-likeness (QED) is 0.675. The summed E-state index contributed by atoms with van der Waals surface area (Å²) in [6.07, 6.45) is 7.39. The highest BCUT2D eigenvalue weighted by molar-refractivity contribution is 5.35. The number of hydrogen-bond donors (Lipinski definition) is 1. The molecule has 3 aromatic rings. The van der Waals surface area contributed by atoms with Crippen LogP contribution < -0.4 is 5.32 Å². The first-order valence-electron chi connectivity index (χ1n) is 9.22. The molecule has 4 nitrogen and oxygen atoms in total. The molecule has 134 valence electrons. The summed E-state index contributed by atoms with van der Waals surface area (Å²) in [4.78, 5) is 0. The maximum atomic E-state index is 5.40. The summed E-state index contributed by atoms with van der Waals surface area (Å²) in [5.41, 5.74) is 5.07. The number of allylic oxidation sites excluding steroid dienone is 1. The summed E-state index contributed by atoms with van der Waals surface area (Å²) in [6, 6.07) is 14.8. The molecule has 0 amide bonds. The van der Waals surface area contributed by atoms with Gasteiger partial charge in [-0.15, -0.1) is 0 Å². The molecule has 2 aromatic heterocycles. The fourth-order valence-corrected chi connectivity index (χ4v) is 3.87. The van der Waals surface area contributed by atoms with Crippen molar-refractivity contribution < 1.29 is 4.42 Å². The Hall–Kier alpha value is -2.59. The zero-order chi connectivity index (χ0) is 17.9. The van der Waals surface area contributed by atoms with E-state index in [4.69, 9.17) is 9.52 Å². The first-order chi connectivity index (χ1) is 12.7. The highest BCUT2D eigenvalue weighted by Gasteiger charge is 2.25. The Morgan fingerprint density at radius 1 is 1.12 bits per heavy atom. The molecule has 0 fully saturated rings. The van der Waals surface area contributed by atoms with Gasteiger partial charge in [-0.2, -0.15) is 5.10 Å². The maximum absolute atomic E-state index is 5.40. The zero-order valence-electron chi connectivity index (χ0n) is 15.4. The van der Waals surface area contributed by atoms with Gasteiger partial charge in [-0.05, 0) is 38.0 Å². The number of benzene rings is 1. The third kappa shape index (κ3) is 3.51. The standard InChI is InChI=1S/C22H25N3O/c1-16-22(17(2)25(24-16)15-18-7-4-3-5-8-18)19-10-11-20(13-19)23-14-21-9-6-12-26-21/h3-12,19-20,23H,13-15H2,1-2H3/t19-,20-/m1/s1. The number of rotatable bonds is 6. The van der Waals surface area contributed by atoms with Crippen molar-refractivity contribution in [1.82, 2.24) is 15.1 Å². The molecule has 2 atom stereocenters.